The number of piperazine rings is 1. The van der Waals surface area contributed by atoms with Crippen LogP contribution in [0.3, 0.4) is 0 Å². The quantitative estimate of drug-likeness (QED) is 0.536. The number of aryl methyl sites for hydroxylation is 1. The number of hydrogen-bond donors (Lipinski definition) is 0. The zero-order valence-corrected chi connectivity index (χ0v) is 17.3. The Morgan fingerprint density at radius 3 is 2.41 bits per heavy atom. The first kappa shape index (κ1) is 19.6. The predicted molar refractivity (Wildman–Crippen MR) is 119 cm³/mol. The van der Waals surface area contributed by atoms with Crippen molar-refractivity contribution in [3.63, 3.8) is 0 Å². The van der Waals surface area contributed by atoms with Gasteiger partial charge in [-0.15, -0.1) is 0 Å². The molecule has 0 amide bonds. The van der Waals surface area contributed by atoms with Crippen LogP contribution in [0, 0.1) is 6.92 Å². The van der Waals surface area contributed by atoms with E-state index in [1.54, 1.807) is 0 Å². The SMILES string of the molecule is Cc1nc(OCCCCCN2CCN(c3ccccc3)CC2)c2ccccc2n1. The maximum Gasteiger partial charge on any atom is 0.224 e. The summed E-state index contributed by atoms with van der Waals surface area (Å²) in [7, 11) is 0. The van der Waals surface area contributed by atoms with Crippen LogP contribution in [-0.4, -0.2) is 54.2 Å². The van der Waals surface area contributed by atoms with Gasteiger partial charge in [-0.2, -0.15) is 4.98 Å². The second-order valence-electron chi connectivity index (χ2n) is 7.67. The van der Waals surface area contributed by atoms with Crippen LogP contribution in [0.2, 0.25) is 0 Å². The molecule has 0 atom stereocenters. The summed E-state index contributed by atoms with van der Waals surface area (Å²) in [6, 6.07) is 18.8. The van der Waals surface area contributed by atoms with E-state index in [0.717, 1.165) is 49.3 Å². The Bertz CT molecular complexity index is 907. The Labute approximate surface area is 173 Å². The molecule has 5 nitrogen and oxygen atoms in total. The third kappa shape index (κ3) is 5.24. The summed E-state index contributed by atoms with van der Waals surface area (Å²) in [6.45, 7) is 8.34. The van der Waals surface area contributed by atoms with Crippen LogP contribution in [0.25, 0.3) is 10.9 Å². The summed E-state index contributed by atoms with van der Waals surface area (Å²) in [4.78, 5) is 14.0. The Morgan fingerprint density at radius 1 is 0.828 bits per heavy atom. The highest BCUT2D eigenvalue weighted by Crippen LogP contribution is 2.22. The Balaban J connectivity index is 1.15. The fraction of sp³-hybridized carbons (Fsp3) is 0.417. The van der Waals surface area contributed by atoms with Crippen LogP contribution >= 0.6 is 0 Å². The van der Waals surface area contributed by atoms with Crippen molar-refractivity contribution in [2.24, 2.45) is 0 Å². The molecule has 3 aromatic rings. The molecule has 29 heavy (non-hydrogen) atoms. The molecule has 0 unspecified atom stereocenters. The van der Waals surface area contributed by atoms with E-state index >= 15 is 0 Å². The molecule has 1 aliphatic heterocycles. The van der Waals surface area contributed by atoms with Gasteiger partial charge in [0, 0.05) is 31.9 Å². The molecular weight excluding hydrogens is 360 g/mol. The van der Waals surface area contributed by atoms with Crippen LogP contribution in [0.5, 0.6) is 5.88 Å². The molecule has 0 aliphatic carbocycles. The molecular formula is C24H30N4O. The van der Waals surface area contributed by atoms with Crippen molar-refractivity contribution < 1.29 is 4.74 Å². The van der Waals surface area contributed by atoms with Crippen LogP contribution in [0.1, 0.15) is 25.1 Å². The molecule has 2 heterocycles. The molecule has 5 heteroatoms. The van der Waals surface area contributed by atoms with E-state index in [1.165, 1.54) is 25.1 Å². The fourth-order valence-corrected chi connectivity index (χ4v) is 3.92. The van der Waals surface area contributed by atoms with Gasteiger partial charge < -0.3 is 9.64 Å². The number of benzene rings is 2. The Hall–Kier alpha value is -2.66. The molecule has 1 aliphatic rings. The van der Waals surface area contributed by atoms with Crippen molar-refractivity contribution in [1.82, 2.24) is 14.9 Å². The number of anilines is 1. The third-order valence-corrected chi connectivity index (χ3v) is 5.53. The van der Waals surface area contributed by atoms with Crippen molar-refractivity contribution in [3.8, 4) is 5.88 Å². The van der Waals surface area contributed by atoms with Crippen molar-refractivity contribution in [3.05, 3.63) is 60.4 Å². The molecule has 0 bridgehead atoms. The Morgan fingerprint density at radius 2 is 1.59 bits per heavy atom. The van der Waals surface area contributed by atoms with Gasteiger partial charge in [0.2, 0.25) is 5.88 Å². The number of unbranched alkanes of at least 4 members (excludes halogenated alkanes) is 2. The van der Waals surface area contributed by atoms with E-state index in [4.69, 9.17) is 4.74 Å². The topological polar surface area (TPSA) is 41.5 Å². The smallest absolute Gasteiger partial charge is 0.224 e. The zero-order chi connectivity index (χ0) is 19.9. The van der Waals surface area contributed by atoms with E-state index in [2.05, 4.69) is 50.1 Å². The van der Waals surface area contributed by atoms with Crippen molar-refractivity contribution >= 4 is 16.6 Å². The summed E-state index contributed by atoms with van der Waals surface area (Å²) >= 11 is 0. The van der Waals surface area contributed by atoms with E-state index in [1.807, 2.05) is 31.2 Å². The average molecular weight is 391 g/mol. The molecule has 0 saturated carbocycles. The van der Waals surface area contributed by atoms with E-state index in [0.29, 0.717) is 12.5 Å². The van der Waals surface area contributed by atoms with Crippen LogP contribution in [0.15, 0.2) is 54.6 Å². The van der Waals surface area contributed by atoms with Gasteiger partial charge in [0.15, 0.2) is 0 Å². The lowest BCUT2D eigenvalue weighted by Gasteiger charge is -2.36. The Kier molecular flexibility index (Phi) is 6.57. The molecule has 4 rings (SSSR count). The first-order chi connectivity index (χ1) is 14.3. The maximum absolute atomic E-state index is 5.98. The second-order valence-corrected chi connectivity index (χ2v) is 7.67. The maximum atomic E-state index is 5.98. The number of aromatic nitrogens is 2. The molecule has 0 radical (unpaired) electrons. The van der Waals surface area contributed by atoms with Gasteiger partial charge in [-0.05, 0) is 57.0 Å². The van der Waals surface area contributed by atoms with Gasteiger partial charge in [-0.25, -0.2) is 4.98 Å². The number of nitrogens with zero attached hydrogens (tertiary/aromatic N) is 4. The van der Waals surface area contributed by atoms with Crippen LogP contribution in [0.4, 0.5) is 5.69 Å². The number of para-hydroxylation sites is 2. The van der Waals surface area contributed by atoms with Gasteiger partial charge in [-0.3, -0.25) is 4.90 Å². The van der Waals surface area contributed by atoms with Crippen LogP contribution in [-0.2, 0) is 0 Å². The molecule has 1 fully saturated rings. The zero-order valence-electron chi connectivity index (χ0n) is 17.3. The van der Waals surface area contributed by atoms with Crippen molar-refractivity contribution in [2.75, 3.05) is 44.2 Å². The van der Waals surface area contributed by atoms with Crippen molar-refractivity contribution in [1.29, 1.82) is 0 Å². The predicted octanol–water partition coefficient (Wildman–Crippen LogP) is 4.31. The first-order valence-electron chi connectivity index (χ1n) is 10.7. The fourth-order valence-electron chi connectivity index (χ4n) is 3.92. The molecule has 2 aromatic carbocycles. The third-order valence-electron chi connectivity index (χ3n) is 5.53. The molecule has 0 N–H and O–H groups in total. The first-order valence-corrected chi connectivity index (χ1v) is 10.7. The largest absolute Gasteiger partial charge is 0.477 e. The number of fused-ring (bicyclic) bond motifs is 1. The standard InChI is InChI=1S/C24H30N4O/c1-20-25-23-13-7-6-12-22(23)24(26-20)29-19-9-3-8-14-27-15-17-28(18-16-27)21-10-4-2-5-11-21/h2,4-7,10-13H,3,8-9,14-19H2,1H3. The monoisotopic (exact) mass is 390 g/mol. The average Bonchev–Trinajstić information content (AvgIpc) is 2.77. The van der Waals surface area contributed by atoms with E-state index < -0.39 is 0 Å². The number of rotatable bonds is 8. The highest BCUT2D eigenvalue weighted by molar-refractivity contribution is 5.83. The summed E-state index contributed by atoms with van der Waals surface area (Å²) in [5.74, 6) is 1.47. The number of ether oxygens (including phenoxy) is 1. The minimum atomic E-state index is 0.711. The molecule has 1 aromatic heterocycles. The summed E-state index contributed by atoms with van der Waals surface area (Å²) in [5.41, 5.74) is 2.29. The van der Waals surface area contributed by atoms with E-state index in [-0.39, 0.29) is 0 Å². The normalized spacial score (nSPS) is 15.0. The lowest BCUT2D eigenvalue weighted by molar-refractivity contribution is 0.245. The van der Waals surface area contributed by atoms with Gasteiger partial charge in [0.1, 0.15) is 5.82 Å². The number of hydrogen-bond acceptors (Lipinski definition) is 5. The lowest BCUT2D eigenvalue weighted by atomic mass is 10.2. The molecule has 0 spiro atoms. The second kappa shape index (κ2) is 9.70. The molecule has 1 saturated heterocycles. The van der Waals surface area contributed by atoms with Gasteiger partial charge in [0.05, 0.1) is 17.5 Å². The van der Waals surface area contributed by atoms with Gasteiger partial charge >= 0.3 is 0 Å². The highest BCUT2D eigenvalue weighted by atomic mass is 16.5. The summed E-state index contributed by atoms with van der Waals surface area (Å²) in [5, 5.41) is 0.995. The van der Waals surface area contributed by atoms with Crippen molar-refractivity contribution in [2.45, 2.75) is 26.2 Å². The highest BCUT2D eigenvalue weighted by Gasteiger charge is 2.16. The summed E-state index contributed by atoms with van der Waals surface area (Å²) in [6.07, 6.45) is 3.46. The van der Waals surface area contributed by atoms with Gasteiger partial charge in [-0.1, -0.05) is 30.3 Å². The molecule has 152 valence electrons. The lowest BCUT2D eigenvalue weighted by Crippen LogP contribution is -2.46. The summed E-state index contributed by atoms with van der Waals surface area (Å²) < 4.78 is 5.98. The van der Waals surface area contributed by atoms with E-state index in [9.17, 15) is 0 Å². The minimum absolute atomic E-state index is 0.711. The minimum Gasteiger partial charge on any atom is -0.477 e. The van der Waals surface area contributed by atoms with Crippen LogP contribution < -0.4 is 9.64 Å². The van der Waals surface area contributed by atoms with Gasteiger partial charge in [0.25, 0.3) is 0 Å².